The van der Waals surface area contributed by atoms with Gasteiger partial charge in [0, 0.05) is 11.0 Å². The van der Waals surface area contributed by atoms with Crippen molar-refractivity contribution in [1.29, 1.82) is 5.26 Å². The van der Waals surface area contributed by atoms with Crippen molar-refractivity contribution in [2.45, 2.75) is 30.5 Å². The third kappa shape index (κ3) is 3.54. The molecule has 2 aromatic rings. The number of carbonyl (C=O) groups is 1. The van der Waals surface area contributed by atoms with E-state index in [2.05, 4.69) is 0 Å². The molecule has 0 radical (unpaired) electrons. The van der Waals surface area contributed by atoms with E-state index in [-0.39, 0.29) is 0 Å². The highest BCUT2D eigenvalue weighted by Crippen LogP contribution is 2.69. The van der Waals surface area contributed by atoms with Crippen molar-refractivity contribution in [2.24, 2.45) is 11.3 Å². The van der Waals surface area contributed by atoms with Crippen molar-refractivity contribution in [2.75, 3.05) is 0 Å². The first-order valence-corrected chi connectivity index (χ1v) is 9.22. The Morgan fingerprint density at radius 1 is 1.11 bits per heavy atom. The highest BCUT2D eigenvalue weighted by molar-refractivity contribution is 6.53. The first-order chi connectivity index (χ1) is 12.7. The van der Waals surface area contributed by atoms with Crippen molar-refractivity contribution < 1.29 is 13.9 Å². The number of esters is 1. The van der Waals surface area contributed by atoms with E-state index in [9.17, 15) is 14.4 Å². The van der Waals surface area contributed by atoms with Crippen LogP contribution in [0.4, 0.5) is 4.39 Å². The van der Waals surface area contributed by atoms with Crippen LogP contribution in [0, 0.1) is 22.7 Å². The maximum atomic E-state index is 14.8. The van der Waals surface area contributed by atoms with E-state index >= 15 is 0 Å². The molecule has 1 saturated carbocycles. The lowest BCUT2D eigenvalue weighted by atomic mass is 9.99. The van der Waals surface area contributed by atoms with Gasteiger partial charge in [0.25, 0.3) is 0 Å². The lowest BCUT2D eigenvalue weighted by Crippen LogP contribution is -2.15. The summed E-state index contributed by atoms with van der Waals surface area (Å²) >= 11 is 12.3. The van der Waals surface area contributed by atoms with Gasteiger partial charge in [0.05, 0.1) is 5.92 Å². The summed E-state index contributed by atoms with van der Waals surface area (Å²) in [4.78, 5) is 12.4. The van der Waals surface area contributed by atoms with Gasteiger partial charge in [0.1, 0.15) is 10.4 Å². The van der Waals surface area contributed by atoms with Crippen LogP contribution >= 0.6 is 23.2 Å². The Labute approximate surface area is 167 Å². The van der Waals surface area contributed by atoms with E-state index in [4.69, 9.17) is 27.9 Å². The molecule has 2 aromatic carbocycles. The summed E-state index contributed by atoms with van der Waals surface area (Å²) in [6, 6.07) is 17.1. The van der Waals surface area contributed by atoms with Crippen LogP contribution in [0.5, 0.6) is 0 Å². The average Bonchev–Trinajstić information content (AvgIpc) is 3.08. The van der Waals surface area contributed by atoms with Gasteiger partial charge in [-0.2, -0.15) is 5.26 Å². The molecule has 3 unspecified atom stereocenters. The first kappa shape index (κ1) is 19.7. The number of nitrogens with zero attached hydrogens (tertiary/aromatic N) is 1. The van der Waals surface area contributed by atoms with E-state index < -0.39 is 33.9 Å². The maximum absolute atomic E-state index is 14.8. The summed E-state index contributed by atoms with van der Waals surface area (Å²) in [5, 5.41) is 9.45. The fraction of sp³-hybridized carbons (Fsp3) is 0.333. The summed E-state index contributed by atoms with van der Waals surface area (Å²) < 4.78 is 18.9. The van der Waals surface area contributed by atoms with Crippen LogP contribution in [0.3, 0.4) is 0 Å². The first-order valence-electron chi connectivity index (χ1n) is 8.47. The highest BCUT2D eigenvalue weighted by atomic mass is 35.5. The molecule has 0 amide bonds. The molecular formula is C21H18Cl2FNO2. The van der Waals surface area contributed by atoms with Crippen LogP contribution in [0.2, 0.25) is 0 Å². The molecule has 0 aliphatic heterocycles. The van der Waals surface area contributed by atoms with Gasteiger partial charge in [-0.15, -0.1) is 23.2 Å². The number of nitriles is 1. The molecule has 3 nitrogen and oxygen atoms in total. The monoisotopic (exact) mass is 405 g/mol. The van der Waals surface area contributed by atoms with Gasteiger partial charge < -0.3 is 4.74 Å². The molecule has 0 aromatic heterocycles. The molecular weight excluding hydrogens is 388 g/mol. The number of hydrogen-bond donors (Lipinski definition) is 0. The van der Waals surface area contributed by atoms with Gasteiger partial charge in [-0.3, -0.25) is 4.79 Å². The molecule has 3 atom stereocenters. The van der Waals surface area contributed by atoms with E-state index in [1.54, 1.807) is 56.3 Å². The van der Waals surface area contributed by atoms with Crippen molar-refractivity contribution in [1.82, 2.24) is 0 Å². The Balaban J connectivity index is 1.79. The molecule has 27 heavy (non-hydrogen) atoms. The van der Waals surface area contributed by atoms with Gasteiger partial charge in [0.2, 0.25) is 6.10 Å². The second kappa shape index (κ2) is 7.14. The van der Waals surface area contributed by atoms with Crippen molar-refractivity contribution in [3.8, 4) is 6.07 Å². The van der Waals surface area contributed by atoms with Gasteiger partial charge >= 0.3 is 5.97 Å². The third-order valence-corrected chi connectivity index (χ3v) is 6.46. The molecule has 140 valence electrons. The van der Waals surface area contributed by atoms with Gasteiger partial charge in [-0.25, -0.2) is 4.39 Å². The van der Waals surface area contributed by atoms with Crippen LogP contribution in [-0.4, -0.2) is 10.3 Å². The molecule has 1 aliphatic rings. The summed E-state index contributed by atoms with van der Waals surface area (Å²) in [5.74, 6) is -1.35. The molecule has 0 N–H and O–H groups in total. The van der Waals surface area contributed by atoms with E-state index in [0.717, 1.165) is 0 Å². The Kier molecular flexibility index (Phi) is 5.20. The minimum absolute atomic E-state index is 0.380. The van der Waals surface area contributed by atoms with Crippen molar-refractivity contribution in [3.05, 3.63) is 71.3 Å². The third-order valence-electron chi connectivity index (χ3n) is 5.05. The smallest absolute Gasteiger partial charge is 0.314 e. The summed E-state index contributed by atoms with van der Waals surface area (Å²) in [5.41, 5.74) is 0.654. The maximum Gasteiger partial charge on any atom is 0.314 e. The highest BCUT2D eigenvalue weighted by Gasteiger charge is 2.74. The number of halogens is 3. The second-order valence-electron chi connectivity index (χ2n) is 7.17. The molecule has 6 heteroatoms. The number of ether oxygens (including phenoxy) is 1. The van der Waals surface area contributed by atoms with Crippen molar-refractivity contribution in [3.63, 3.8) is 0 Å². The fourth-order valence-electron chi connectivity index (χ4n) is 3.15. The van der Waals surface area contributed by atoms with E-state index in [0.29, 0.717) is 16.7 Å². The van der Waals surface area contributed by atoms with E-state index in [1.807, 2.05) is 12.1 Å². The Morgan fingerprint density at radius 2 is 1.67 bits per heavy atom. The molecule has 1 aliphatic carbocycles. The summed E-state index contributed by atoms with van der Waals surface area (Å²) in [6.07, 6.45) is -2.51. The minimum Gasteiger partial charge on any atom is -0.442 e. The van der Waals surface area contributed by atoms with Crippen LogP contribution < -0.4 is 0 Å². The Hall–Kier alpha value is -2.09. The molecule has 0 bridgehead atoms. The van der Waals surface area contributed by atoms with Gasteiger partial charge in [0.15, 0.2) is 6.17 Å². The Bertz CT molecular complexity index is 879. The van der Waals surface area contributed by atoms with Crippen LogP contribution in [0.15, 0.2) is 54.6 Å². The predicted octanol–water partition coefficient (Wildman–Crippen LogP) is 5.68. The zero-order chi connectivity index (χ0) is 19.8. The van der Waals surface area contributed by atoms with Gasteiger partial charge in [-0.05, 0) is 17.2 Å². The zero-order valence-electron chi connectivity index (χ0n) is 14.8. The quantitative estimate of drug-likeness (QED) is 0.474. The number of carbonyl (C=O) groups excluding carboxylic acids is 1. The molecule has 0 spiro atoms. The summed E-state index contributed by atoms with van der Waals surface area (Å²) in [6.45, 7) is 3.52. The number of benzene rings is 2. The average molecular weight is 406 g/mol. The van der Waals surface area contributed by atoms with Crippen LogP contribution in [-0.2, 0) is 9.53 Å². The van der Waals surface area contributed by atoms with Gasteiger partial charge in [-0.1, -0.05) is 62.4 Å². The largest absolute Gasteiger partial charge is 0.442 e. The minimum atomic E-state index is -1.35. The van der Waals surface area contributed by atoms with E-state index in [1.165, 1.54) is 6.07 Å². The molecule has 3 rings (SSSR count). The summed E-state index contributed by atoms with van der Waals surface area (Å²) in [7, 11) is 0. The van der Waals surface area contributed by atoms with Crippen molar-refractivity contribution >= 4 is 29.2 Å². The number of rotatable bonds is 5. The lowest BCUT2D eigenvalue weighted by molar-refractivity contribution is -0.149. The van der Waals surface area contributed by atoms with Crippen LogP contribution in [0.25, 0.3) is 0 Å². The molecule has 0 saturated heterocycles. The lowest BCUT2D eigenvalue weighted by Gasteiger charge is -2.15. The SMILES string of the molecule is CC1(C)C(C(=O)OC(C#N)c2cccc(C(F)c3ccccc3)c2)C1(Cl)Cl. The zero-order valence-corrected chi connectivity index (χ0v) is 16.3. The number of alkyl halides is 3. The Morgan fingerprint density at radius 3 is 2.22 bits per heavy atom. The standard InChI is InChI=1S/C21H18Cl2FNO2/c1-20(2)18(21(20,22)23)19(26)27-16(12-25)14-9-6-10-15(11-14)17(24)13-7-4-3-5-8-13/h3-11,16-18H,1-2H3. The normalized spacial score (nSPS) is 21.6. The molecule has 0 heterocycles. The molecule has 1 fully saturated rings. The fourth-order valence-corrected chi connectivity index (χ4v) is 3.98. The topological polar surface area (TPSA) is 50.1 Å². The number of hydrogen-bond acceptors (Lipinski definition) is 3. The van der Waals surface area contributed by atoms with Crippen LogP contribution in [0.1, 0.15) is 42.8 Å². The second-order valence-corrected chi connectivity index (χ2v) is 8.55. The predicted molar refractivity (Wildman–Crippen MR) is 102 cm³/mol.